The number of rotatable bonds is 6. The molecule has 10 heteroatoms. The van der Waals surface area contributed by atoms with Gasteiger partial charge in [0.2, 0.25) is 15.9 Å². The molecule has 0 aliphatic carbocycles. The van der Waals surface area contributed by atoms with E-state index in [1.807, 2.05) is 0 Å². The Balaban J connectivity index is 1.55. The second-order valence-corrected chi connectivity index (χ2v) is 8.79. The summed E-state index contributed by atoms with van der Waals surface area (Å²) in [5.74, 6) is 0.623. The lowest BCUT2D eigenvalue weighted by Crippen LogP contribution is -2.52. The van der Waals surface area contributed by atoms with Crippen LogP contribution in [0.3, 0.4) is 0 Å². The highest BCUT2D eigenvalue weighted by atomic mass is 32.2. The highest BCUT2D eigenvalue weighted by Crippen LogP contribution is 2.20. The van der Waals surface area contributed by atoms with Gasteiger partial charge in [0.1, 0.15) is 5.75 Å². The van der Waals surface area contributed by atoms with Crippen molar-refractivity contribution < 1.29 is 27.8 Å². The molecule has 0 radical (unpaired) electrons. The van der Waals surface area contributed by atoms with Gasteiger partial charge in [-0.3, -0.25) is 9.69 Å². The van der Waals surface area contributed by atoms with Gasteiger partial charge in [0, 0.05) is 39.6 Å². The quantitative estimate of drug-likeness (QED) is 0.633. The number of ether oxygens (including phenoxy) is 2. The maximum atomic E-state index is 12.6. The molecule has 0 unspecified atom stereocenters. The summed E-state index contributed by atoms with van der Waals surface area (Å²) in [4.78, 5) is 15.4. The molecule has 9 nitrogen and oxygen atoms in total. The minimum Gasteiger partial charge on any atom is -0.497 e. The summed E-state index contributed by atoms with van der Waals surface area (Å²) in [6, 6.07) is 5.33. The Hall–Kier alpha value is -1.72. The van der Waals surface area contributed by atoms with Crippen molar-refractivity contribution in [1.29, 1.82) is 0 Å². The first-order chi connectivity index (χ1) is 13.3. The molecule has 0 spiro atoms. The zero-order chi connectivity index (χ0) is 20.3. The van der Waals surface area contributed by atoms with Crippen LogP contribution in [0.15, 0.2) is 29.2 Å². The minimum atomic E-state index is -3.78. The van der Waals surface area contributed by atoms with E-state index >= 15 is 0 Å². The predicted molar refractivity (Wildman–Crippen MR) is 102 cm³/mol. The molecular weight excluding hydrogens is 386 g/mol. The van der Waals surface area contributed by atoms with E-state index in [1.54, 1.807) is 24.0 Å². The van der Waals surface area contributed by atoms with E-state index in [2.05, 4.69) is 9.62 Å². The predicted octanol–water partition coefficient (Wildman–Crippen LogP) is -0.734. The zero-order valence-corrected chi connectivity index (χ0v) is 16.9. The first-order valence-corrected chi connectivity index (χ1v) is 10.7. The number of nitrogens with zero attached hydrogens (tertiary/aromatic N) is 2. The molecule has 0 saturated carbocycles. The molecule has 2 aliphatic heterocycles. The number of nitrogens with one attached hydrogen (secondary N) is 1. The Morgan fingerprint density at radius 2 is 1.89 bits per heavy atom. The summed E-state index contributed by atoms with van der Waals surface area (Å²) in [5.41, 5.74) is 0. The number of hydrogen-bond acceptors (Lipinski definition) is 7. The molecule has 2 N–H and O–H groups in total. The van der Waals surface area contributed by atoms with E-state index in [0.717, 1.165) is 0 Å². The molecule has 0 bridgehead atoms. The Morgan fingerprint density at radius 3 is 2.46 bits per heavy atom. The first-order valence-electron chi connectivity index (χ1n) is 9.24. The van der Waals surface area contributed by atoms with Crippen LogP contribution >= 0.6 is 0 Å². The lowest BCUT2D eigenvalue weighted by molar-refractivity contribution is -0.130. The van der Waals surface area contributed by atoms with Gasteiger partial charge in [-0.25, -0.2) is 13.1 Å². The standard InChI is InChI=1S/C18H27N3O6S/c1-13(22)21-9-7-20(8-10-21)11-17-18(23)16(12-27-17)19-28(24,25)15-5-3-14(26-2)4-6-15/h3-6,16-19,23H,7-12H2,1-2H3/t16-,17-,18+/m0/s1. The number of carbonyl (C=O) groups is 1. The smallest absolute Gasteiger partial charge is 0.240 e. The van der Waals surface area contributed by atoms with Crippen molar-refractivity contribution >= 4 is 15.9 Å². The van der Waals surface area contributed by atoms with Crippen LogP contribution in [0.5, 0.6) is 5.75 Å². The average Bonchev–Trinajstić information content (AvgIpc) is 3.01. The summed E-state index contributed by atoms with van der Waals surface area (Å²) in [6.45, 7) is 4.85. The van der Waals surface area contributed by atoms with Crippen LogP contribution in [0.4, 0.5) is 0 Å². The van der Waals surface area contributed by atoms with Gasteiger partial charge in [-0.05, 0) is 24.3 Å². The number of piperazine rings is 1. The topological polar surface area (TPSA) is 108 Å². The number of methoxy groups -OCH3 is 1. The fourth-order valence-electron chi connectivity index (χ4n) is 3.47. The molecule has 1 amide bonds. The van der Waals surface area contributed by atoms with Gasteiger partial charge < -0.3 is 19.5 Å². The summed E-state index contributed by atoms with van der Waals surface area (Å²) in [6.07, 6.45) is -1.42. The van der Waals surface area contributed by atoms with Gasteiger partial charge in [0.15, 0.2) is 0 Å². The molecule has 1 aromatic rings. The molecule has 2 heterocycles. The van der Waals surface area contributed by atoms with Gasteiger partial charge in [-0.15, -0.1) is 0 Å². The molecular formula is C18H27N3O6S. The number of amides is 1. The Bertz CT molecular complexity index is 777. The van der Waals surface area contributed by atoms with Crippen molar-refractivity contribution in [2.45, 2.75) is 30.1 Å². The third kappa shape index (κ3) is 4.81. The molecule has 156 valence electrons. The number of hydrogen-bond donors (Lipinski definition) is 2. The third-order valence-electron chi connectivity index (χ3n) is 5.22. The Labute approximate surface area is 165 Å². The number of carbonyl (C=O) groups excluding carboxylic acids is 1. The second kappa shape index (κ2) is 8.75. The highest BCUT2D eigenvalue weighted by molar-refractivity contribution is 7.89. The lowest BCUT2D eigenvalue weighted by Gasteiger charge is -2.35. The van der Waals surface area contributed by atoms with Crippen LogP contribution in [0.25, 0.3) is 0 Å². The Kier molecular flexibility index (Phi) is 6.56. The fourth-order valence-corrected chi connectivity index (χ4v) is 4.71. The fraction of sp³-hybridized carbons (Fsp3) is 0.611. The van der Waals surface area contributed by atoms with E-state index in [1.165, 1.54) is 19.2 Å². The van der Waals surface area contributed by atoms with Crippen molar-refractivity contribution in [2.24, 2.45) is 0 Å². The van der Waals surface area contributed by atoms with Crippen LogP contribution in [0.1, 0.15) is 6.92 Å². The molecule has 1 aromatic carbocycles. The average molecular weight is 413 g/mol. The largest absolute Gasteiger partial charge is 0.497 e. The van der Waals surface area contributed by atoms with Crippen LogP contribution < -0.4 is 9.46 Å². The van der Waals surface area contributed by atoms with Crippen molar-refractivity contribution in [3.8, 4) is 5.75 Å². The highest BCUT2D eigenvalue weighted by Gasteiger charge is 2.39. The van der Waals surface area contributed by atoms with Crippen LogP contribution in [-0.2, 0) is 19.6 Å². The van der Waals surface area contributed by atoms with Gasteiger partial charge in [-0.1, -0.05) is 0 Å². The van der Waals surface area contributed by atoms with Crippen LogP contribution in [0, 0.1) is 0 Å². The van der Waals surface area contributed by atoms with Crippen molar-refractivity contribution in [3.63, 3.8) is 0 Å². The molecule has 2 fully saturated rings. The zero-order valence-electron chi connectivity index (χ0n) is 16.1. The monoisotopic (exact) mass is 413 g/mol. The van der Waals surface area contributed by atoms with Crippen LogP contribution in [-0.4, -0.2) is 93.9 Å². The van der Waals surface area contributed by atoms with E-state index in [0.29, 0.717) is 38.5 Å². The SMILES string of the molecule is COc1ccc(S(=O)(=O)N[C@H]2CO[C@@H](CN3CCN(C(C)=O)CC3)[C@@H]2O)cc1. The van der Waals surface area contributed by atoms with E-state index in [9.17, 15) is 18.3 Å². The molecule has 3 rings (SSSR count). The van der Waals surface area contributed by atoms with Gasteiger partial charge in [0.25, 0.3) is 0 Å². The summed E-state index contributed by atoms with van der Waals surface area (Å²) < 4.78 is 38.4. The number of benzene rings is 1. The van der Waals surface area contributed by atoms with Gasteiger partial charge in [-0.2, -0.15) is 0 Å². The molecule has 2 saturated heterocycles. The summed E-state index contributed by atoms with van der Waals surface area (Å²) >= 11 is 0. The number of aliphatic hydroxyl groups excluding tert-OH is 1. The lowest BCUT2D eigenvalue weighted by atomic mass is 10.1. The van der Waals surface area contributed by atoms with Crippen LogP contribution in [0.2, 0.25) is 0 Å². The van der Waals surface area contributed by atoms with Crippen molar-refractivity contribution in [2.75, 3.05) is 46.4 Å². The van der Waals surface area contributed by atoms with E-state index < -0.39 is 28.3 Å². The second-order valence-electron chi connectivity index (χ2n) is 7.07. The van der Waals surface area contributed by atoms with Crippen molar-refractivity contribution in [1.82, 2.24) is 14.5 Å². The minimum absolute atomic E-state index is 0.0600. The number of sulfonamides is 1. The Morgan fingerprint density at radius 1 is 1.25 bits per heavy atom. The normalized spacial score (nSPS) is 26.4. The van der Waals surface area contributed by atoms with E-state index in [4.69, 9.17) is 9.47 Å². The van der Waals surface area contributed by atoms with Gasteiger partial charge in [0.05, 0.1) is 36.9 Å². The molecule has 2 aliphatic rings. The number of aliphatic hydroxyl groups is 1. The van der Waals surface area contributed by atoms with Crippen molar-refractivity contribution in [3.05, 3.63) is 24.3 Å². The maximum absolute atomic E-state index is 12.6. The molecule has 3 atom stereocenters. The third-order valence-corrected chi connectivity index (χ3v) is 6.72. The first kappa shape index (κ1) is 21.0. The van der Waals surface area contributed by atoms with E-state index in [-0.39, 0.29) is 17.4 Å². The van der Waals surface area contributed by atoms with Gasteiger partial charge >= 0.3 is 0 Å². The molecule has 28 heavy (non-hydrogen) atoms. The summed E-state index contributed by atoms with van der Waals surface area (Å²) in [5, 5.41) is 10.5. The molecule has 0 aromatic heterocycles. The maximum Gasteiger partial charge on any atom is 0.240 e. The summed E-state index contributed by atoms with van der Waals surface area (Å²) in [7, 11) is -2.27.